The molecule has 6 heteroatoms. The average molecular weight is 439 g/mol. The molecule has 3 aromatic carbocycles. The Bertz CT molecular complexity index is 1210. The van der Waals surface area contributed by atoms with Crippen LogP contribution in [0.1, 0.15) is 33.8 Å². The number of hydrogen-bond donors (Lipinski definition) is 1. The van der Waals surface area contributed by atoms with Gasteiger partial charge in [0.05, 0.1) is 17.4 Å². The molecule has 33 heavy (non-hydrogen) atoms. The van der Waals surface area contributed by atoms with Crippen LogP contribution >= 0.6 is 0 Å². The van der Waals surface area contributed by atoms with E-state index in [0.29, 0.717) is 38.2 Å². The number of carbonyl (C=O) groups excluding carboxylic acids is 2. The normalized spacial score (nSPS) is 14.1. The minimum absolute atomic E-state index is 0.00922. The maximum Gasteiger partial charge on any atom is 0.254 e. The van der Waals surface area contributed by atoms with Crippen LogP contribution in [-0.2, 0) is 4.79 Å². The van der Waals surface area contributed by atoms with E-state index in [1.54, 1.807) is 6.33 Å². The van der Waals surface area contributed by atoms with E-state index in [-0.39, 0.29) is 17.7 Å². The molecule has 0 aliphatic carbocycles. The molecule has 0 saturated carbocycles. The highest BCUT2D eigenvalue weighted by molar-refractivity contribution is 5.97. The Kier molecular flexibility index (Phi) is 5.89. The zero-order chi connectivity index (χ0) is 22.6. The number of imidazole rings is 1. The molecule has 2 heterocycles. The van der Waals surface area contributed by atoms with E-state index >= 15 is 0 Å². The van der Waals surface area contributed by atoms with Crippen molar-refractivity contribution in [3.8, 4) is 0 Å². The third-order valence-corrected chi connectivity index (χ3v) is 6.37. The maximum atomic E-state index is 13.2. The summed E-state index contributed by atoms with van der Waals surface area (Å²) in [5.41, 5.74) is 4.61. The second kappa shape index (κ2) is 9.28. The highest BCUT2D eigenvalue weighted by atomic mass is 16.2. The third kappa shape index (κ3) is 4.51. The van der Waals surface area contributed by atoms with E-state index in [9.17, 15) is 9.59 Å². The van der Waals surface area contributed by atoms with E-state index in [0.717, 1.165) is 22.2 Å². The quantitative estimate of drug-likeness (QED) is 0.511. The van der Waals surface area contributed by atoms with E-state index in [1.165, 1.54) is 0 Å². The van der Waals surface area contributed by atoms with Gasteiger partial charge in [-0.1, -0.05) is 60.7 Å². The van der Waals surface area contributed by atoms with Crippen molar-refractivity contribution in [2.24, 2.45) is 0 Å². The monoisotopic (exact) mass is 438 g/mol. The molecule has 0 atom stereocenters. The van der Waals surface area contributed by atoms with Crippen molar-refractivity contribution in [2.75, 3.05) is 26.2 Å². The summed E-state index contributed by atoms with van der Waals surface area (Å²) in [7, 11) is 0. The predicted octanol–water partition coefficient (Wildman–Crippen LogP) is 4.07. The SMILES string of the molecule is O=C(CC(c1ccccc1)c1ccccc1)N1CCN(C(=O)c2ccc3nc[nH]c3c2)CC1. The molecule has 0 bridgehead atoms. The van der Waals surface area contributed by atoms with Gasteiger partial charge in [-0.3, -0.25) is 9.59 Å². The third-order valence-electron chi connectivity index (χ3n) is 6.37. The summed E-state index contributed by atoms with van der Waals surface area (Å²) in [6.07, 6.45) is 2.04. The van der Waals surface area contributed by atoms with Gasteiger partial charge >= 0.3 is 0 Å². The number of hydrogen-bond acceptors (Lipinski definition) is 3. The van der Waals surface area contributed by atoms with E-state index < -0.39 is 0 Å². The number of H-pyrrole nitrogens is 1. The zero-order valence-corrected chi connectivity index (χ0v) is 18.4. The number of aromatic nitrogens is 2. The van der Waals surface area contributed by atoms with Gasteiger partial charge in [-0.25, -0.2) is 4.98 Å². The topological polar surface area (TPSA) is 69.3 Å². The van der Waals surface area contributed by atoms with Crippen molar-refractivity contribution in [3.05, 3.63) is 102 Å². The molecule has 0 unspecified atom stereocenters. The molecule has 5 rings (SSSR count). The number of rotatable bonds is 5. The van der Waals surface area contributed by atoms with Gasteiger partial charge in [-0.05, 0) is 29.3 Å². The molecular formula is C27H26N4O2. The Morgan fingerprint density at radius 2 is 1.42 bits per heavy atom. The maximum absolute atomic E-state index is 13.2. The number of carbonyl (C=O) groups is 2. The summed E-state index contributed by atoms with van der Waals surface area (Å²) >= 11 is 0. The van der Waals surface area contributed by atoms with Gasteiger partial charge in [0.15, 0.2) is 0 Å². The van der Waals surface area contributed by atoms with Gasteiger partial charge in [0, 0.05) is 44.1 Å². The van der Waals surface area contributed by atoms with Crippen LogP contribution in [0.2, 0.25) is 0 Å². The van der Waals surface area contributed by atoms with Crippen molar-refractivity contribution in [2.45, 2.75) is 12.3 Å². The Labute approximate surface area is 192 Å². The van der Waals surface area contributed by atoms with Crippen molar-refractivity contribution in [1.29, 1.82) is 0 Å². The fraction of sp³-hybridized carbons (Fsp3) is 0.222. The average Bonchev–Trinajstić information content (AvgIpc) is 3.36. The summed E-state index contributed by atoms with van der Waals surface area (Å²) < 4.78 is 0. The molecule has 166 valence electrons. The molecule has 1 fully saturated rings. The summed E-state index contributed by atoms with van der Waals surface area (Å²) in [5.74, 6) is 0.129. The summed E-state index contributed by atoms with van der Waals surface area (Å²) in [4.78, 5) is 37.2. The Morgan fingerprint density at radius 3 is 2.06 bits per heavy atom. The molecule has 1 N–H and O–H groups in total. The summed E-state index contributed by atoms with van der Waals surface area (Å²) in [6.45, 7) is 2.17. The van der Waals surface area contributed by atoms with Crippen LogP contribution in [-0.4, -0.2) is 57.8 Å². The lowest BCUT2D eigenvalue weighted by atomic mass is 9.88. The van der Waals surface area contributed by atoms with Crippen LogP contribution in [0.3, 0.4) is 0 Å². The first-order valence-electron chi connectivity index (χ1n) is 11.3. The first kappa shape index (κ1) is 20.9. The molecule has 1 saturated heterocycles. The fourth-order valence-electron chi connectivity index (χ4n) is 4.51. The second-order valence-corrected chi connectivity index (χ2v) is 8.39. The largest absolute Gasteiger partial charge is 0.345 e. The molecule has 4 aromatic rings. The standard InChI is InChI=1S/C27H26N4O2/c32-26(18-23(20-7-3-1-4-8-20)21-9-5-2-6-10-21)30-13-15-31(16-14-30)27(33)22-11-12-24-25(17-22)29-19-28-24/h1-12,17,19,23H,13-16,18H2,(H,28,29). The number of piperazine rings is 1. The van der Waals surface area contributed by atoms with E-state index in [1.807, 2.05) is 64.4 Å². The zero-order valence-electron chi connectivity index (χ0n) is 18.4. The van der Waals surface area contributed by atoms with Gasteiger partial charge < -0.3 is 14.8 Å². The van der Waals surface area contributed by atoms with E-state index in [2.05, 4.69) is 34.2 Å². The number of nitrogens with zero attached hydrogens (tertiary/aromatic N) is 3. The Hall–Kier alpha value is -3.93. The Morgan fingerprint density at radius 1 is 0.818 bits per heavy atom. The van der Waals surface area contributed by atoms with Gasteiger partial charge in [0.1, 0.15) is 0 Å². The predicted molar refractivity (Wildman–Crippen MR) is 128 cm³/mol. The highest BCUT2D eigenvalue weighted by Crippen LogP contribution is 2.29. The molecule has 2 amide bonds. The number of amides is 2. The molecule has 1 aromatic heterocycles. The van der Waals surface area contributed by atoms with Crippen LogP contribution in [0.15, 0.2) is 85.2 Å². The lowest BCUT2D eigenvalue weighted by Crippen LogP contribution is -2.50. The number of benzene rings is 3. The minimum Gasteiger partial charge on any atom is -0.345 e. The first-order valence-corrected chi connectivity index (χ1v) is 11.3. The molecule has 1 aliphatic heterocycles. The van der Waals surface area contributed by atoms with E-state index in [4.69, 9.17) is 0 Å². The van der Waals surface area contributed by atoms with Crippen molar-refractivity contribution < 1.29 is 9.59 Å². The van der Waals surface area contributed by atoms with Crippen LogP contribution in [0.25, 0.3) is 11.0 Å². The lowest BCUT2D eigenvalue weighted by Gasteiger charge is -2.35. The van der Waals surface area contributed by atoms with Crippen LogP contribution < -0.4 is 0 Å². The van der Waals surface area contributed by atoms with Gasteiger partial charge in [0.25, 0.3) is 5.91 Å². The number of fused-ring (bicyclic) bond motifs is 1. The lowest BCUT2D eigenvalue weighted by molar-refractivity contribution is -0.132. The smallest absolute Gasteiger partial charge is 0.254 e. The Balaban J connectivity index is 1.24. The summed E-state index contributed by atoms with van der Waals surface area (Å²) in [5, 5.41) is 0. The second-order valence-electron chi connectivity index (χ2n) is 8.39. The molecule has 0 spiro atoms. The molecule has 0 radical (unpaired) electrons. The van der Waals surface area contributed by atoms with Crippen molar-refractivity contribution in [3.63, 3.8) is 0 Å². The molecule has 1 aliphatic rings. The molecule has 6 nitrogen and oxygen atoms in total. The highest BCUT2D eigenvalue weighted by Gasteiger charge is 2.27. The first-order chi connectivity index (χ1) is 16.2. The van der Waals surface area contributed by atoms with Crippen molar-refractivity contribution in [1.82, 2.24) is 19.8 Å². The van der Waals surface area contributed by atoms with Crippen LogP contribution in [0, 0.1) is 0 Å². The molecular weight excluding hydrogens is 412 g/mol. The summed E-state index contributed by atoms with van der Waals surface area (Å²) in [6, 6.07) is 25.9. The fourth-order valence-corrected chi connectivity index (χ4v) is 4.51. The van der Waals surface area contributed by atoms with Crippen LogP contribution in [0.4, 0.5) is 0 Å². The van der Waals surface area contributed by atoms with Gasteiger partial charge in [-0.15, -0.1) is 0 Å². The minimum atomic E-state index is -0.00922. The van der Waals surface area contributed by atoms with Crippen LogP contribution in [0.5, 0.6) is 0 Å². The van der Waals surface area contributed by atoms with Crippen molar-refractivity contribution >= 4 is 22.8 Å². The van der Waals surface area contributed by atoms with Gasteiger partial charge in [0.2, 0.25) is 5.91 Å². The van der Waals surface area contributed by atoms with Gasteiger partial charge in [-0.2, -0.15) is 0 Å². The number of nitrogens with one attached hydrogen (secondary N) is 1. The number of aromatic amines is 1.